The van der Waals surface area contributed by atoms with Crippen LogP contribution in [0.2, 0.25) is 0 Å². The van der Waals surface area contributed by atoms with Crippen LogP contribution < -0.4 is 11.3 Å². The van der Waals surface area contributed by atoms with Crippen LogP contribution in [0.25, 0.3) is 10.9 Å². The summed E-state index contributed by atoms with van der Waals surface area (Å²) in [5.74, 6) is 9.16. The molecule has 1 aliphatic heterocycles. The lowest BCUT2D eigenvalue weighted by Gasteiger charge is -2.26. The summed E-state index contributed by atoms with van der Waals surface area (Å²) in [6, 6.07) is 10.8. The second-order valence-corrected chi connectivity index (χ2v) is 6.69. The van der Waals surface area contributed by atoms with Crippen molar-refractivity contribution in [2.75, 3.05) is 11.5 Å². The number of benzene rings is 1. The molecule has 0 aliphatic carbocycles. The Morgan fingerprint density at radius 2 is 2.15 bits per heavy atom. The molecule has 0 amide bonds. The van der Waals surface area contributed by atoms with Gasteiger partial charge in [0.15, 0.2) is 0 Å². The van der Waals surface area contributed by atoms with E-state index in [-0.39, 0.29) is 6.04 Å². The predicted molar refractivity (Wildman–Crippen MR) is 86.5 cm³/mol. The van der Waals surface area contributed by atoms with Gasteiger partial charge in [0.2, 0.25) is 0 Å². The second-order valence-electron chi connectivity index (χ2n) is 5.47. The van der Waals surface area contributed by atoms with Crippen LogP contribution in [0, 0.1) is 5.92 Å². The smallest absolute Gasteiger partial charge is 0.0705 e. The van der Waals surface area contributed by atoms with Gasteiger partial charge in [-0.1, -0.05) is 18.2 Å². The van der Waals surface area contributed by atoms with E-state index >= 15 is 0 Å². The van der Waals surface area contributed by atoms with Gasteiger partial charge in [-0.3, -0.25) is 16.3 Å². The molecule has 1 fully saturated rings. The van der Waals surface area contributed by atoms with Gasteiger partial charge in [0.1, 0.15) is 0 Å². The standard InChI is InChI=1S/C16H21N3S/c17-19-16(10-12-5-8-20-9-6-12)14-4-3-13-2-1-7-18-15(13)11-14/h1-4,7,11-12,16,19H,5-6,8-10,17H2. The highest BCUT2D eigenvalue weighted by atomic mass is 32.2. The van der Waals surface area contributed by atoms with Crippen LogP contribution in [0.5, 0.6) is 0 Å². The van der Waals surface area contributed by atoms with Crippen LogP contribution in [0.15, 0.2) is 36.5 Å². The van der Waals surface area contributed by atoms with Gasteiger partial charge in [0.25, 0.3) is 0 Å². The highest BCUT2D eigenvalue weighted by molar-refractivity contribution is 7.99. The fourth-order valence-corrected chi connectivity index (χ4v) is 4.12. The molecule has 1 aliphatic rings. The third kappa shape index (κ3) is 3.14. The van der Waals surface area contributed by atoms with E-state index in [1.807, 2.05) is 12.3 Å². The highest BCUT2D eigenvalue weighted by Gasteiger charge is 2.19. The fraction of sp³-hybridized carbons (Fsp3) is 0.438. The zero-order valence-electron chi connectivity index (χ0n) is 11.6. The number of nitrogens with one attached hydrogen (secondary N) is 1. The topological polar surface area (TPSA) is 50.9 Å². The molecule has 1 atom stereocenters. The number of hydrazine groups is 1. The van der Waals surface area contributed by atoms with Crippen molar-refractivity contribution in [1.29, 1.82) is 0 Å². The van der Waals surface area contributed by atoms with Crippen LogP contribution in [-0.4, -0.2) is 16.5 Å². The van der Waals surface area contributed by atoms with Gasteiger partial charge in [0, 0.05) is 17.6 Å². The number of aromatic nitrogens is 1. The number of fused-ring (bicyclic) bond motifs is 1. The Hall–Kier alpha value is -1.10. The maximum absolute atomic E-state index is 5.79. The molecule has 3 nitrogen and oxygen atoms in total. The SMILES string of the molecule is NNC(CC1CCSCC1)c1ccc2cccnc2c1. The molecular formula is C16H21N3S. The molecule has 3 rings (SSSR count). The first-order chi connectivity index (χ1) is 9.86. The monoisotopic (exact) mass is 287 g/mol. The van der Waals surface area contributed by atoms with Crippen molar-refractivity contribution in [2.24, 2.45) is 11.8 Å². The van der Waals surface area contributed by atoms with E-state index in [9.17, 15) is 0 Å². The lowest BCUT2D eigenvalue weighted by molar-refractivity contribution is 0.374. The first kappa shape index (κ1) is 13.9. The highest BCUT2D eigenvalue weighted by Crippen LogP contribution is 2.31. The zero-order chi connectivity index (χ0) is 13.8. The number of nitrogens with zero attached hydrogens (tertiary/aromatic N) is 1. The van der Waals surface area contributed by atoms with Crippen molar-refractivity contribution in [3.8, 4) is 0 Å². The molecule has 0 spiro atoms. The first-order valence-corrected chi connectivity index (χ1v) is 8.41. The van der Waals surface area contributed by atoms with E-state index in [1.165, 1.54) is 35.3 Å². The fourth-order valence-electron chi connectivity index (χ4n) is 2.92. The third-order valence-electron chi connectivity index (χ3n) is 4.14. The Morgan fingerprint density at radius 1 is 1.30 bits per heavy atom. The van der Waals surface area contributed by atoms with Gasteiger partial charge in [-0.2, -0.15) is 11.8 Å². The maximum Gasteiger partial charge on any atom is 0.0705 e. The molecule has 0 radical (unpaired) electrons. The van der Waals surface area contributed by atoms with Gasteiger partial charge in [-0.15, -0.1) is 0 Å². The average Bonchev–Trinajstić information content (AvgIpc) is 2.53. The molecule has 1 aromatic heterocycles. The Morgan fingerprint density at radius 3 is 2.95 bits per heavy atom. The molecule has 2 heterocycles. The van der Waals surface area contributed by atoms with Crippen LogP contribution in [0.4, 0.5) is 0 Å². The second kappa shape index (κ2) is 6.57. The molecule has 2 aromatic rings. The molecule has 1 unspecified atom stereocenters. The van der Waals surface area contributed by atoms with Crippen molar-refractivity contribution in [3.05, 3.63) is 42.1 Å². The number of hydrogen-bond donors (Lipinski definition) is 2. The Labute approximate surface area is 124 Å². The number of rotatable bonds is 4. The quantitative estimate of drug-likeness (QED) is 0.669. The Bertz CT molecular complexity index is 566. The summed E-state index contributed by atoms with van der Waals surface area (Å²) in [6.45, 7) is 0. The van der Waals surface area contributed by atoms with E-state index in [1.54, 1.807) is 0 Å². The van der Waals surface area contributed by atoms with Gasteiger partial charge in [0.05, 0.1) is 5.52 Å². The molecule has 0 saturated carbocycles. The molecule has 20 heavy (non-hydrogen) atoms. The van der Waals surface area contributed by atoms with Crippen molar-refractivity contribution in [1.82, 2.24) is 10.4 Å². The molecule has 0 bridgehead atoms. The summed E-state index contributed by atoms with van der Waals surface area (Å²) >= 11 is 2.07. The lowest BCUT2D eigenvalue weighted by atomic mass is 9.91. The Kier molecular flexibility index (Phi) is 4.55. The van der Waals surface area contributed by atoms with E-state index in [4.69, 9.17) is 5.84 Å². The molecule has 1 saturated heterocycles. The van der Waals surface area contributed by atoms with Crippen LogP contribution in [-0.2, 0) is 0 Å². The average molecular weight is 287 g/mol. The zero-order valence-corrected chi connectivity index (χ0v) is 12.4. The van der Waals surface area contributed by atoms with Gasteiger partial charge < -0.3 is 0 Å². The van der Waals surface area contributed by atoms with E-state index < -0.39 is 0 Å². The molecule has 106 valence electrons. The van der Waals surface area contributed by atoms with Gasteiger partial charge in [-0.05, 0) is 54.4 Å². The van der Waals surface area contributed by atoms with E-state index in [0.717, 1.165) is 17.9 Å². The normalized spacial score (nSPS) is 18.2. The summed E-state index contributed by atoms with van der Waals surface area (Å²) in [5.41, 5.74) is 5.29. The van der Waals surface area contributed by atoms with Crippen molar-refractivity contribution in [3.63, 3.8) is 0 Å². The van der Waals surface area contributed by atoms with Gasteiger partial charge in [-0.25, -0.2) is 0 Å². The van der Waals surface area contributed by atoms with E-state index in [2.05, 4.69) is 46.4 Å². The van der Waals surface area contributed by atoms with Crippen LogP contribution >= 0.6 is 11.8 Å². The minimum absolute atomic E-state index is 0.231. The minimum atomic E-state index is 0.231. The molecule has 1 aromatic carbocycles. The molecule has 3 N–H and O–H groups in total. The largest absolute Gasteiger partial charge is 0.271 e. The summed E-state index contributed by atoms with van der Waals surface area (Å²) in [5, 5.41) is 1.18. The summed E-state index contributed by atoms with van der Waals surface area (Å²) in [7, 11) is 0. The van der Waals surface area contributed by atoms with Crippen LogP contribution in [0.1, 0.15) is 30.9 Å². The van der Waals surface area contributed by atoms with E-state index in [0.29, 0.717) is 0 Å². The van der Waals surface area contributed by atoms with Crippen molar-refractivity contribution >= 4 is 22.7 Å². The van der Waals surface area contributed by atoms with Crippen LogP contribution in [0.3, 0.4) is 0 Å². The summed E-state index contributed by atoms with van der Waals surface area (Å²) < 4.78 is 0. The van der Waals surface area contributed by atoms with Crippen molar-refractivity contribution < 1.29 is 0 Å². The lowest BCUT2D eigenvalue weighted by Crippen LogP contribution is -2.30. The minimum Gasteiger partial charge on any atom is -0.271 e. The first-order valence-electron chi connectivity index (χ1n) is 7.25. The number of hydrogen-bond acceptors (Lipinski definition) is 4. The van der Waals surface area contributed by atoms with Gasteiger partial charge >= 0.3 is 0 Å². The summed E-state index contributed by atoms with van der Waals surface area (Å²) in [6.07, 6.45) is 5.59. The third-order valence-corrected chi connectivity index (χ3v) is 5.19. The molecule has 4 heteroatoms. The van der Waals surface area contributed by atoms with Crippen molar-refractivity contribution in [2.45, 2.75) is 25.3 Å². The number of nitrogens with two attached hydrogens (primary N) is 1. The summed E-state index contributed by atoms with van der Waals surface area (Å²) in [4.78, 5) is 4.43. The predicted octanol–water partition coefficient (Wildman–Crippen LogP) is 3.27. The number of thioether (sulfide) groups is 1. The Balaban J connectivity index is 1.79. The maximum atomic E-state index is 5.79. The molecular weight excluding hydrogens is 266 g/mol. The number of pyridine rings is 1.